The molecule has 3 nitrogen and oxygen atoms in total. The maximum absolute atomic E-state index is 5.44. The van der Waals surface area contributed by atoms with Gasteiger partial charge in [0, 0.05) is 44.9 Å². The molecular weight excluding hydrogens is 212 g/mol. The molecule has 0 aromatic rings. The largest absolute Gasteiger partial charge is 0.381 e. The van der Waals surface area contributed by atoms with Crippen molar-refractivity contribution in [2.24, 2.45) is 0 Å². The number of hydrogen-bond donors (Lipinski definition) is 0. The first-order valence-electron chi connectivity index (χ1n) is 7.02. The van der Waals surface area contributed by atoms with Crippen LogP contribution in [-0.2, 0) is 4.74 Å². The van der Waals surface area contributed by atoms with Crippen molar-refractivity contribution in [2.75, 3.05) is 33.3 Å². The number of piperidine rings is 1. The topological polar surface area (TPSA) is 15.7 Å². The highest BCUT2D eigenvalue weighted by Crippen LogP contribution is 2.25. The van der Waals surface area contributed by atoms with Crippen LogP contribution in [0, 0.1) is 0 Å². The van der Waals surface area contributed by atoms with Crippen molar-refractivity contribution in [3.63, 3.8) is 0 Å². The van der Waals surface area contributed by atoms with E-state index in [1.165, 1.54) is 45.4 Å². The van der Waals surface area contributed by atoms with E-state index in [0.717, 1.165) is 6.04 Å². The third-order valence-corrected chi connectivity index (χ3v) is 4.44. The van der Waals surface area contributed by atoms with Gasteiger partial charge < -0.3 is 4.74 Å². The molecule has 3 heteroatoms. The zero-order valence-corrected chi connectivity index (χ0v) is 11.9. The molecule has 2 heterocycles. The molecule has 0 saturated carbocycles. The molecule has 0 aliphatic carbocycles. The molecule has 0 aromatic heterocycles. The van der Waals surface area contributed by atoms with Crippen molar-refractivity contribution in [2.45, 2.75) is 57.7 Å². The second kappa shape index (κ2) is 5.25. The Bertz CT molecular complexity index is 241. The van der Waals surface area contributed by atoms with Gasteiger partial charge in [0.2, 0.25) is 0 Å². The fraction of sp³-hybridized carbons (Fsp3) is 1.00. The van der Waals surface area contributed by atoms with Crippen molar-refractivity contribution in [3.8, 4) is 0 Å². The predicted octanol–water partition coefficient (Wildman–Crippen LogP) is 1.97. The number of nitrogens with zero attached hydrogens (tertiary/aromatic N) is 2. The number of likely N-dealkylation sites (tertiary alicyclic amines) is 2. The standard InChI is InChI=1S/C14H28N2O/c1-14(2,3)16-10-5-12(11-16)15-8-6-13(17-4)7-9-15/h12-13H,5-11H2,1-4H3/t12-/m1/s1. The summed E-state index contributed by atoms with van der Waals surface area (Å²) in [7, 11) is 1.84. The van der Waals surface area contributed by atoms with Gasteiger partial charge in [-0.15, -0.1) is 0 Å². The molecule has 2 aliphatic heterocycles. The van der Waals surface area contributed by atoms with Gasteiger partial charge in [0.05, 0.1) is 6.10 Å². The molecule has 0 aromatic carbocycles. The van der Waals surface area contributed by atoms with E-state index in [0.29, 0.717) is 11.6 Å². The van der Waals surface area contributed by atoms with Crippen molar-refractivity contribution in [1.82, 2.24) is 9.80 Å². The van der Waals surface area contributed by atoms with Crippen LogP contribution >= 0.6 is 0 Å². The van der Waals surface area contributed by atoms with Crippen molar-refractivity contribution in [1.29, 1.82) is 0 Å². The van der Waals surface area contributed by atoms with Gasteiger partial charge in [-0.05, 0) is 40.0 Å². The zero-order chi connectivity index (χ0) is 12.5. The first-order chi connectivity index (χ1) is 8.00. The number of ether oxygens (including phenoxy) is 1. The maximum Gasteiger partial charge on any atom is 0.0595 e. The monoisotopic (exact) mass is 240 g/mol. The van der Waals surface area contributed by atoms with E-state index < -0.39 is 0 Å². The molecule has 0 amide bonds. The Morgan fingerprint density at radius 3 is 2.12 bits per heavy atom. The van der Waals surface area contributed by atoms with Crippen LogP contribution in [-0.4, -0.2) is 60.8 Å². The molecule has 0 radical (unpaired) electrons. The summed E-state index contributed by atoms with van der Waals surface area (Å²) in [6, 6.07) is 0.784. The minimum Gasteiger partial charge on any atom is -0.381 e. The van der Waals surface area contributed by atoms with Crippen LogP contribution in [0.25, 0.3) is 0 Å². The van der Waals surface area contributed by atoms with Gasteiger partial charge in [-0.2, -0.15) is 0 Å². The van der Waals surface area contributed by atoms with Crippen LogP contribution in [0.4, 0.5) is 0 Å². The fourth-order valence-corrected chi connectivity index (χ4v) is 3.13. The van der Waals surface area contributed by atoms with Crippen molar-refractivity contribution in [3.05, 3.63) is 0 Å². The molecule has 2 aliphatic rings. The second-order valence-corrected chi connectivity index (χ2v) is 6.53. The molecule has 0 N–H and O–H groups in total. The lowest BCUT2D eigenvalue weighted by Gasteiger charge is -2.37. The molecule has 0 spiro atoms. The van der Waals surface area contributed by atoms with Crippen LogP contribution < -0.4 is 0 Å². The van der Waals surface area contributed by atoms with Crippen molar-refractivity contribution >= 4 is 0 Å². The van der Waals surface area contributed by atoms with Crippen LogP contribution in [0.3, 0.4) is 0 Å². The molecule has 2 fully saturated rings. The van der Waals surface area contributed by atoms with E-state index in [1.54, 1.807) is 0 Å². The highest BCUT2D eigenvalue weighted by atomic mass is 16.5. The van der Waals surface area contributed by atoms with E-state index in [2.05, 4.69) is 30.6 Å². The van der Waals surface area contributed by atoms with Gasteiger partial charge in [-0.25, -0.2) is 0 Å². The van der Waals surface area contributed by atoms with Gasteiger partial charge in [-0.3, -0.25) is 9.80 Å². The lowest BCUT2D eigenvalue weighted by atomic mass is 10.0. The summed E-state index contributed by atoms with van der Waals surface area (Å²) in [5.41, 5.74) is 0.333. The van der Waals surface area contributed by atoms with Crippen molar-refractivity contribution < 1.29 is 4.74 Å². The first-order valence-corrected chi connectivity index (χ1v) is 7.02. The average molecular weight is 240 g/mol. The maximum atomic E-state index is 5.44. The normalized spacial score (nSPS) is 30.0. The van der Waals surface area contributed by atoms with Crippen LogP contribution in [0.1, 0.15) is 40.0 Å². The molecule has 1 atom stereocenters. The van der Waals surface area contributed by atoms with Crippen LogP contribution in [0.15, 0.2) is 0 Å². The Hall–Kier alpha value is -0.120. The van der Waals surface area contributed by atoms with Gasteiger partial charge in [0.1, 0.15) is 0 Å². The minimum atomic E-state index is 0.333. The first kappa shape index (κ1) is 13.3. The highest BCUT2D eigenvalue weighted by Gasteiger charge is 2.34. The number of methoxy groups -OCH3 is 1. The van der Waals surface area contributed by atoms with Gasteiger partial charge in [-0.1, -0.05) is 0 Å². The molecule has 17 heavy (non-hydrogen) atoms. The van der Waals surface area contributed by atoms with Gasteiger partial charge >= 0.3 is 0 Å². The Morgan fingerprint density at radius 1 is 1.00 bits per heavy atom. The Labute approximate surface area is 106 Å². The summed E-state index contributed by atoms with van der Waals surface area (Å²) in [4.78, 5) is 5.31. The third kappa shape index (κ3) is 3.21. The molecular formula is C14H28N2O. The summed E-state index contributed by atoms with van der Waals surface area (Å²) < 4.78 is 5.44. The lowest BCUT2D eigenvalue weighted by Crippen LogP contribution is -2.46. The summed E-state index contributed by atoms with van der Waals surface area (Å²) in [6.07, 6.45) is 4.27. The Morgan fingerprint density at radius 2 is 1.65 bits per heavy atom. The molecule has 0 unspecified atom stereocenters. The van der Waals surface area contributed by atoms with Crippen LogP contribution in [0.2, 0.25) is 0 Å². The van der Waals surface area contributed by atoms with E-state index >= 15 is 0 Å². The Balaban J connectivity index is 1.81. The summed E-state index contributed by atoms with van der Waals surface area (Å²) in [5.74, 6) is 0. The molecule has 0 bridgehead atoms. The second-order valence-electron chi connectivity index (χ2n) is 6.53. The highest BCUT2D eigenvalue weighted by molar-refractivity contribution is 4.90. The SMILES string of the molecule is COC1CCN([C@@H]2CCN(C(C)(C)C)C2)CC1. The predicted molar refractivity (Wildman–Crippen MR) is 71.3 cm³/mol. The van der Waals surface area contributed by atoms with Gasteiger partial charge in [0.25, 0.3) is 0 Å². The molecule has 2 saturated heterocycles. The van der Waals surface area contributed by atoms with E-state index in [9.17, 15) is 0 Å². The zero-order valence-electron chi connectivity index (χ0n) is 11.9. The van der Waals surface area contributed by atoms with Gasteiger partial charge in [0.15, 0.2) is 0 Å². The molecule has 2 rings (SSSR count). The quantitative estimate of drug-likeness (QED) is 0.734. The third-order valence-electron chi connectivity index (χ3n) is 4.44. The summed E-state index contributed by atoms with van der Waals surface area (Å²) in [6.45, 7) is 11.9. The minimum absolute atomic E-state index is 0.333. The van der Waals surface area contributed by atoms with Crippen LogP contribution in [0.5, 0.6) is 0 Å². The fourth-order valence-electron chi connectivity index (χ4n) is 3.13. The Kier molecular flexibility index (Phi) is 4.11. The summed E-state index contributed by atoms with van der Waals surface area (Å²) >= 11 is 0. The molecule has 100 valence electrons. The average Bonchev–Trinajstić information content (AvgIpc) is 2.78. The summed E-state index contributed by atoms with van der Waals surface area (Å²) in [5, 5.41) is 0. The number of rotatable bonds is 2. The van der Waals surface area contributed by atoms with E-state index in [1.807, 2.05) is 7.11 Å². The smallest absolute Gasteiger partial charge is 0.0595 e. The lowest BCUT2D eigenvalue weighted by molar-refractivity contribution is 0.0266. The van der Waals surface area contributed by atoms with E-state index in [4.69, 9.17) is 4.74 Å². The number of hydrogen-bond acceptors (Lipinski definition) is 3. The van der Waals surface area contributed by atoms with E-state index in [-0.39, 0.29) is 0 Å².